The summed E-state index contributed by atoms with van der Waals surface area (Å²) in [5, 5.41) is 17.8. The Morgan fingerprint density at radius 1 is 1.09 bits per heavy atom. The first-order chi connectivity index (χ1) is 16.5. The average Bonchev–Trinajstić information content (AvgIpc) is 3.45. The molecule has 0 atom stereocenters. The van der Waals surface area contributed by atoms with Crippen molar-refractivity contribution >= 4 is 23.9 Å². The fourth-order valence-corrected chi connectivity index (χ4v) is 4.34. The van der Waals surface area contributed by atoms with E-state index < -0.39 is 18.0 Å². The predicted octanol–water partition coefficient (Wildman–Crippen LogP) is 3.02. The summed E-state index contributed by atoms with van der Waals surface area (Å²) >= 11 is 0. The molecule has 3 N–H and O–H groups in total. The van der Waals surface area contributed by atoms with Crippen LogP contribution in [0.2, 0.25) is 0 Å². The first kappa shape index (κ1) is 21.4. The van der Waals surface area contributed by atoms with Gasteiger partial charge < -0.3 is 14.7 Å². The van der Waals surface area contributed by atoms with Gasteiger partial charge >= 0.3 is 12.1 Å². The van der Waals surface area contributed by atoms with Crippen LogP contribution in [0.4, 0.5) is 10.7 Å². The standard InChI is InChI=1S/C24H21N5O5/c30-21(29-11-9-14(10-12-29)22(31)32)20-25-23(28-27-20)26-24(33)34-13-19-17-7-3-1-5-15(17)16-6-2-4-8-18(16)19/h1-9,19H,10-13H2,(H,31,32)(H2,25,26,27,28,33). The minimum absolute atomic E-state index is 0.0545. The van der Waals surface area contributed by atoms with Crippen LogP contribution in [-0.2, 0) is 9.53 Å². The van der Waals surface area contributed by atoms with Gasteiger partial charge in [0.2, 0.25) is 5.82 Å². The number of nitrogens with one attached hydrogen (secondary N) is 2. The van der Waals surface area contributed by atoms with E-state index in [1.54, 1.807) is 0 Å². The number of carboxylic acid groups (broad SMARTS) is 1. The molecule has 2 aromatic carbocycles. The van der Waals surface area contributed by atoms with Crippen molar-refractivity contribution in [1.29, 1.82) is 0 Å². The Balaban J connectivity index is 1.20. The largest absolute Gasteiger partial charge is 0.478 e. The minimum Gasteiger partial charge on any atom is -0.478 e. The number of aromatic amines is 1. The molecule has 0 unspecified atom stereocenters. The number of rotatable bonds is 5. The third-order valence-electron chi connectivity index (χ3n) is 6.02. The molecule has 2 aliphatic rings. The van der Waals surface area contributed by atoms with E-state index in [2.05, 4.69) is 32.6 Å². The number of carbonyl (C=O) groups excluding carboxylic acids is 2. The third kappa shape index (κ3) is 4.01. The van der Waals surface area contributed by atoms with E-state index in [4.69, 9.17) is 9.84 Å². The number of anilines is 1. The van der Waals surface area contributed by atoms with Gasteiger partial charge in [0.15, 0.2) is 0 Å². The SMILES string of the molecule is O=C(Nc1n[nH]c(C(=O)N2CC=C(C(=O)O)CC2)n1)OCC1c2ccccc2-c2ccccc21. The molecule has 1 aliphatic carbocycles. The molecular weight excluding hydrogens is 438 g/mol. The van der Waals surface area contributed by atoms with Gasteiger partial charge in [0, 0.05) is 24.6 Å². The van der Waals surface area contributed by atoms with E-state index in [9.17, 15) is 14.4 Å². The van der Waals surface area contributed by atoms with Crippen molar-refractivity contribution in [2.24, 2.45) is 0 Å². The smallest absolute Gasteiger partial charge is 0.414 e. The number of aliphatic carboxylic acids is 1. The zero-order chi connectivity index (χ0) is 23.7. The first-order valence-corrected chi connectivity index (χ1v) is 10.8. The topological polar surface area (TPSA) is 138 Å². The van der Waals surface area contributed by atoms with E-state index in [0.717, 1.165) is 22.3 Å². The molecule has 2 heterocycles. The van der Waals surface area contributed by atoms with Crippen LogP contribution in [-0.4, -0.2) is 62.9 Å². The van der Waals surface area contributed by atoms with Crippen molar-refractivity contribution in [2.75, 3.05) is 25.0 Å². The van der Waals surface area contributed by atoms with Crippen molar-refractivity contribution < 1.29 is 24.2 Å². The van der Waals surface area contributed by atoms with E-state index in [1.165, 1.54) is 11.0 Å². The lowest BCUT2D eigenvalue weighted by molar-refractivity contribution is -0.133. The molecule has 2 amide bonds. The summed E-state index contributed by atoms with van der Waals surface area (Å²) in [6.07, 6.45) is 1.02. The highest BCUT2D eigenvalue weighted by Gasteiger charge is 2.29. The summed E-state index contributed by atoms with van der Waals surface area (Å²) in [5.41, 5.74) is 4.74. The van der Waals surface area contributed by atoms with Crippen molar-refractivity contribution in [3.8, 4) is 11.1 Å². The van der Waals surface area contributed by atoms with Crippen molar-refractivity contribution in [2.45, 2.75) is 12.3 Å². The Hall–Kier alpha value is -4.47. The molecule has 0 spiro atoms. The Bertz CT molecular complexity index is 1270. The number of fused-ring (bicyclic) bond motifs is 3. The molecule has 172 valence electrons. The Labute approximate surface area is 194 Å². The molecule has 10 nitrogen and oxygen atoms in total. The van der Waals surface area contributed by atoms with E-state index >= 15 is 0 Å². The lowest BCUT2D eigenvalue weighted by Crippen LogP contribution is -2.36. The molecule has 34 heavy (non-hydrogen) atoms. The third-order valence-corrected chi connectivity index (χ3v) is 6.02. The fraction of sp³-hybridized carbons (Fsp3) is 0.208. The molecule has 0 radical (unpaired) electrons. The highest BCUT2D eigenvalue weighted by Crippen LogP contribution is 2.44. The molecule has 1 aromatic heterocycles. The number of carboxylic acids is 1. The van der Waals surface area contributed by atoms with Gasteiger partial charge in [-0.05, 0) is 28.7 Å². The van der Waals surface area contributed by atoms with Crippen LogP contribution >= 0.6 is 0 Å². The summed E-state index contributed by atoms with van der Waals surface area (Å²) in [6, 6.07) is 16.1. The summed E-state index contributed by atoms with van der Waals surface area (Å²) in [4.78, 5) is 41.5. The van der Waals surface area contributed by atoms with Gasteiger partial charge in [-0.25, -0.2) is 9.59 Å². The highest BCUT2D eigenvalue weighted by molar-refractivity contribution is 5.93. The molecule has 0 saturated heterocycles. The Morgan fingerprint density at radius 3 is 2.38 bits per heavy atom. The zero-order valence-corrected chi connectivity index (χ0v) is 18.0. The van der Waals surface area contributed by atoms with Crippen molar-refractivity contribution in [3.05, 3.63) is 77.1 Å². The number of aromatic nitrogens is 3. The number of ether oxygens (including phenoxy) is 1. The van der Waals surface area contributed by atoms with E-state index in [0.29, 0.717) is 0 Å². The van der Waals surface area contributed by atoms with Crippen LogP contribution < -0.4 is 5.32 Å². The Morgan fingerprint density at radius 2 is 1.76 bits per heavy atom. The second-order valence-corrected chi connectivity index (χ2v) is 7.99. The summed E-state index contributed by atoms with van der Waals surface area (Å²) < 4.78 is 5.46. The second kappa shape index (κ2) is 8.81. The number of hydrogen-bond donors (Lipinski definition) is 3. The fourth-order valence-electron chi connectivity index (χ4n) is 4.34. The summed E-state index contributed by atoms with van der Waals surface area (Å²) in [5.74, 6) is -1.64. The van der Waals surface area contributed by atoms with E-state index in [1.807, 2.05) is 36.4 Å². The first-order valence-electron chi connectivity index (χ1n) is 10.8. The van der Waals surface area contributed by atoms with Crippen LogP contribution in [0.25, 0.3) is 11.1 Å². The molecule has 0 saturated carbocycles. The normalized spacial score (nSPS) is 14.7. The maximum absolute atomic E-state index is 12.6. The lowest BCUT2D eigenvalue weighted by atomic mass is 9.98. The van der Waals surface area contributed by atoms with Crippen molar-refractivity contribution in [3.63, 3.8) is 0 Å². The monoisotopic (exact) mass is 459 g/mol. The highest BCUT2D eigenvalue weighted by atomic mass is 16.5. The predicted molar refractivity (Wildman–Crippen MR) is 121 cm³/mol. The maximum atomic E-state index is 12.6. The molecule has 10 heteroatoms. The molecule has 1 aliphatic heterocycles. The summed E-state index contributed by atoms with van der Waals surface area (Å²) in [6.45, 7) is 0.561. The van der Waals surface area contributed by atoms with Crippen LogP contribution in [0.1, 0.15) is 34.1 Å². The number of nitrogens with zero attached hydrogens (tertiary/aromatic N) is 3. The molecule has 0 bridgehead atoms. The number of amides is 2. The molecule has 3 aromatic rings. The average molecular weight is 459 g/mol. The number of hydrogen-bond acceptors (Lipinski definition) is 6. The quantitative estimate of drug-likeness (QED) is 0.533. The molecule has 0 fully saturated rings. The van der Waals surface area contributed by atoms with Crippen molar-refractivity contribution in [1.82, 2.24) is 20.1 Å². The van der Waals surface area contributed by atoms with Gasteiger partial charge in [-0.15, -0.1) is 5.10 Å². The van der Waals surface area contributed by atoms with Gasteiger partial charge in [-0.2, -0.15) is 4.98 Å². The Kier molecular flexibility index (Phi) is 5.54. The molecular formula is C24H21N5O5. The maximum Gasteiger partial charge on any atom is 0.414 e. The summed E-state index contributed by atoms with van der Waals surface area (Å²) in [7, 11) is 0. The number of carbonyl (C=O) groups is 3. The lowest BCUT2D eigenvalue weighted by Gasteiger charge is -2.24. The molecule has 5 rings (SSSR count). The zero-order valence-electron chi connectivity index (χ0n) is 18.0. The van der Waals surface area contributed by atoms with Gasteiger partial charge in [0.25, 0.3) is 11.9 Å². The van der Waals surface area contributed by atoms with Crippen LogP contribution in [0.15, 0.2) is 60.2 Å². The van der Waals surface area contributed by atoms with E-state index in [-0.39, 0.29) is 49.4 Å². The minimum atomic E-state index is -0.985. The second-order valence-electron chi connectivity index (χ2n) is 7.99. The van der Waals surface area contributed by atoms with Gasteiger partial charge in [0.1, 0.15) is 6.61 Å². The van der Waals surface area contributed by atoms with Gasteiger partial charge in [0.05, 0.1) is 0 Å². The number of H-pyrrole nitrogens is 1. The van der Waals surface area contributed by atoms with Gasteiger partial charge in [-0.1, -0.05) is 54.6 Å². The number of benzene rings is 2. The van der Waals surface area contributed by atoms with Gasteiger partial charge in [-0.3, -0.25) is 15.2 Å². The van der Waals surface area contributed by atoms with Crippen LogP contribution in [0.5, 0.6) is 0 Å². The van der Waals surface area contributed by atoms with Crippen LogP contribution in [0, 0.1) is 0 Å². The van der Waals surface area contributed by atoms with Crippen LogP contribution in [0.3, 0.4) is 0 Å².